The molecular weight excluding hydrogens is 307 g/mol. The van der Waals surface area contributed by atoms with Crippen LogP contribution in [0.1, 0.15) is 37.2 Å². The number of rotatable bonds is 3. The Kier molecular flexibility index (Phi) is 5.53. The van der Waals surface area contributed by atoms with Gasteiger partial charge in [0.05, 0.1) is 0 Å². The minimum absolute atomic E-state index is 0. The van der Waals surface area contributed by atoms with Crippen molar-refractivity contribution in [3.05, 3.63) is 34.9 Å². The molecule has 1 aliphatic heterocycles. The highest BCUT2D eigenvalue weighted by Crippen LogP contribution is 2.49. The number of nitrogens with zero attached hydrogens (tertiary/aromatic N) is 1. The smallest absolute Gasteiger partial charge is 0.226 e. The molecule has 21 heavy (non-hydrogen) atoms. The average molecular weight is 329 g/mol. The van der Waals surface area contributed by atoms with Crippen LogP contribution in [0.2, 0.25) is 5.02 Å². The summed E-state index contributed by atoms with van der Waals surface area (Å²) in [7, 11) is 0. The van der Waals surface area contributed by atoms with E-state index in [4.69, 9.17) is 17.3 Å². The van der Waals surface area contributed by atoms with Gasteiger partial charge in [0.25, 0.3) is 0 Å². The number of hydrogen-bond donors (Lipinski definition) is 1. The predicted octanol–water partition coefficient (Wildman–Crippen LogP) is 3.21. The van der Waals surface area contributed by atoms with Crippen LogP contribution in [0.4, 0.5) is 0 Å². The Morgan fingerprint density at radius 3 is 2.90 bits per heavy atom. The van der Waals surface area contributed by atoms with Gasteiger partial charge in [0, 0.05) is 30.1 Å². The highest BCUT2D eigenvalue weighted by Gasteiger charge is 2.46. The maximum Gasteiger partial charge on any atom is 0.226 e. The van der Waals surface area contributed by atoms with Crippen LogP contribution in [0.25, 0.3) is 0 Å². The molecule has 1 aromatic rings. The van der Waals surface area contributed by atoms with Gasteiger partial charge in [-0.3, -0.25) is 4.79 Å². The molecule has 5 heteroatoms. The number of hydrogen-bond acceptors (Lipinski definition) is 2. The van der Waals surface area contributed by atoms with Gasteiger partial charge in [-0.05, 0) is 49.3 Å². The Morgan fingerprint density at radius 1 is 1.38 bits per heavy atom. The van der Waals surface area contributed by atoms with E-state index in [2.05, 4.69) is 6.07 Å². The number of carbonyl (C=O) groups is 1. The van der Waals surface area contributed by atoms with Crippen molar-refractivity contribution < 1.29 is 4.79 Å². The first-order valence-corrected chi connectivity index (χ1v) is 7.84. The number of likely N-dealkylation sites (tertiary alicyclic amines) is 1. The molecule has 0 radical (unpaired) electrons. The summed E-state index contributed by atoms with van der Waals surface area (Å²) in [6.45, 7) is 1.46. The van der Waals surface area contributed by atoms with Crippen LogP contribution < -0.4 is 5.73 Å². The van der Waals surface area contributed by atoms with Crippen LogP contribution in [0.5, 0.6) is 0 Å². The Balaban J connectivity index is 0.00000161. The van der Waals surface area contributed by atoms with Gasteiger partial charge in [0.15, 0.2) is 0 Å². The normalized spacial score (nSPS) is 27.9. The number of nitrogens with two attached hydrogens (primary N) is 1. The lowest BCUT2D eigenvalue weighted by Gasteiger charge is -2.35. The molecule has 1 heterocycles. The lowest BCUT2D eigenvalue weighted by atomic mass is 10.0. The summed E-state index contributed by atoms with van der Waals surface area (Å²) in [6.07, 6.45) is 4.30. The van der Waals surface area contributed by atoms with Crippen LogP contribution in [-0.2, 0) is 4.79 Å². The fourth-order valence-electron chi connectivity index (χ4n) is 3.32. The van der Waals surface area contributed by atoms with Crippen LogP contribution in [0.3, 0.4) is 0 Å². The largest absolute Gasteiger partial charge is 0.338 e. The molecular formula is C16H22Cl2N2O. The van der Waals surface area contributed by atoms with Crippen molar-refractivity contribution in [3.63, 3.8) is 0 Å². The Bertz CT molecular complexity index is 509. The molecule has 0 bridgehead atoms. The summed E-state index contributed by atoms with van der Waals surface area (Å²) >= 11 is 6.03. The highest BCUT2D eigenvalue weighted by molar-refractivity contribution is 6.30. The van der Waals surface area contributed by atoms with E-state index in [9.17, 15) is 4.79 Å². The fraction of sp³-hybridized carbons (Fsp3) is 0.562. The first-order valence-electron chi connectivity index (χ1n) is 7.46. The number of piperidine rings is 1. The third-order valence-corrected chi connectivity index (χ3v) is 4.80. The SMILES string of the molecule is Cl.NCC1CCCCN1C(=O)C1CC1c1cccc(Cl)c1. The Hall–Kier alpha value is -0.770. The maximum absolute atomic E-state index is 12.6. The molecule has 1 aromatic carbocycles. The average Bonchev–Trinajstić information content (AvgIpc) is 3.27. The molecule has 0 aromatic heterocycles. The zero-order valence-electron chi connectivity index (χ0n) is 12.0. The predicted molar refractivity (Wildman–Crippen MR) is 88.0 cm³/mol. The first kappa shape index (κ1) is 16.6. The van der Waals surface area contributed by atoms with Gasteiger partial charge in [-0.2, -0.15) is 0 Å². The molecule has 3 nitrogen and oxygen atoms in total. The number of carbonyl (C=O) groups excluding carboxylic acids is 1. The van der Waals surface area contributed by atoms with Crippen molar-refractivity contribution in [3.8, 4) is 0 Å². The molecule has 1 saturated heterocycles. The van der Waals surface area contributed by atoms with E-state index < -0.39 is 0 Å². The van der Waals surface area contributed by atoms with Crippen molar-refractivity contribution >= 4 is 29.9 Å². The molecule has 1 amide bonds. The number of halogens is 2. The molecule has 1 saturated carbocycles. The lowest BCUT2D eigenvalue weighted by Crippen LogP contribution is -2.48. The Labute approximate surface area is 137 Å². The molecule has 2 N–H and O–H groups in total. The maximum atomic E-state index is 12.6. The summed E-state index contributed by atoms with van der Waals surface area (Å²) < 4.78 is 0. The molecule has 3 atom stereocenters. The van der Waals surface area contributed by atoms with Gasteiger partial charge >= 0.3 is 0 Å². The van der Waals surface area contributed by atoms with Crippen molar-refractivity contribution in [2.75, 3.05) is 13.1 Å². The summed E-state index contributed by atoms with van der Waals surface area (Å²) in [4.78, 5) is 14.7. The minimum Gasteiger partial charge on any atom is -0.338 e. The highest BCUT2D eigenvalue weighted by atomic mass is 35.5. The zero-order chi connectivity index (χ0) is 14.1. The standard InChI is InChI=1S/C16H21ClN2O.ClH/c17-12-5-3-4-11(8-12)14-9-15(14)16(20)19-7-2-1-6-13(19)10-18;/h3-5,8,13-15H,1-2,6-7,9-10,18H2;1H. The van der Waals surface area contributed by atoms with Crippen molar-refractivity contribution in [2.45, 2.75) is 37.6 Å². The van der Waals surface area contributed by atoms with E-state index in [0.717, 1.165) is 30.8 Å². The topological polar surface area (TPSA) is 46.3 Å². The fourth-order valence-corrected chi connectivity index (χ4v) is 3.52. The van der Waals surface area contributed by atoms with Gasteiger partial charge in [-0.15, -0.1) is 12.4 Å². The van der Waals surface area contributed by atoms with E-state index in [0.29, 0.717) is 18.4 Å². The molecule has 0 spiro atoms. The second-order valence-electron chi connectivity index (χ2n) is 5.92. The van der Waals surface area contributed by atoms with Crippen LogP contribution >= 0.6 is 24.0 Å². The summed E-state index contributed by atoms with van der Waals surface area (Å²) in [5, 5.41) is 0.749. The summed E-state index contributed by atoms with van der Waals surface area (Å²) in [5.74, 6) is 0.785. The van der Waals surface area contributed by atoms with Crippen LogP contribution in [0, 0.1) is 5.92 Å². The zero-order valence-corrected chi connectivity index (χ0v) is 13.6. The molecule has 2 aliphatic rings. The third-order valence-electron chi connectivity index (χ3n) is 4.57. The summed E-state index contributed by atoms with van der Waals surface area (Å²) in [5.41, 5.74) is 7.00. The number of amides is 1. The van der Waals surface area contributed by atoms with E-state index in [1.54, 1.807) is 0 Å². The van der Waals surface area contributed by atoms with Gasteiger partial charge in [-0.1, -0.05) is 23.7 Å². The molecule has 2 fully saturated rings. The molecule has 3 rings (SSSR count). The van der Waals surface area contributed by atoms with E-state index in [1.165, 1.54) is 12.0 Å². The van der Waals surface area contributed by atoms with Crippen molar-refractivity contribution in [2.24, 2.45) is 11.7 Å². The van der Waals surface area contributed by atoms with E-state index in [1.807, 2.05) is 23.1 Å². The van der Waals surface area contributed by atoms with Crippen molar-refractivity contribution in [1.82, 2.24) is 4.90 Å². The van der Waals surface area contributed by atoms with Gasteiger partial charge in [0.2, 0.25) is 5.91 Å². The lowest BCUT2D eigenvalue weighted by molar-refractivity contribution is -0.136. The quantitative estimate of drug-likeness (QED) is 0.926. The molecule has 3 unspecified atom stereocenters. The third kappa shape index (κ3) is 3.53. The van der Waals surface area contributed by atoms with E-state index in [-0.39, 0.29) is 24.4 Å². The Morgan fingerprint density at radius 2 is 2.19 bits per heavy atom. The molecule has 116 valence electrons. The number of benzene rings is 1. The van der Waals surface area contributed by atoms with Gasteiger partial charge < -0.3 is 10.6 Å². The van der Waals surface area contributed by atoms with Crippen molar-refractivity contribution in [1.29, 1.82) is 0 Å². The molecule has 1 aliphatic carbocycles. The first-order chi connectivity index (χ1) is 9.70. The monoisotopic (exact) mass is 328 g/mol. The summed E-state index contributed by atoms with van der Waals surface area (Å²) in [6, 6.07) is 8.13. The van der Waals surface area contributed by atoms with Crippen LogP contribution in [0.15, 0.2) is 24.3 Å². The minimum atomic E-state index is 0. The van der Waals surface area contributed by atoms with Crippen LogP contribution in [-0.4, -0.2) is 29.9 Å². The van der Waals surface area contributed by atoms with Gasteiger partial charge in [0.1, 0.15) is 0 Å². The second kappa shape index (κ2) is 6.99. The second-order valence-corrected chi connectivity index (χ2v) is 6.36. The van der Waals surface area contributed by atoms with E-state index >= 15 is 0 Å². The van der Waals surface area contributed by atoms with Gasteiger partial charge in [-0.25, -0.2) is 0 Å².